The first kappa shape index (κ1) is 67.1. The Kier molecular flexibility index (Phi) is 23.3. The summed E-state index contributed by atoms with van der Waals surface area (Å²) in [6, 6.07) is 10.8. The number of nitrogens with one attached hydrogen (secondary N) is 2. The molecule has 2 N–H and O–H groups in total. The predicted octanol–water partition coefficient (Wildman–Crippen LogP) is 18.0. The maximum Gasteiger partial charge on any atom is 0.203 e. The van der Waals surface area contributed by atoms with Gasteiger partial charge in [0.25, 0.3) is 0 Å². The quantitative estimate of drug-likeness (QED) is 0.112. The van der Waals surface area contributed by atoms with Crippen LogP contribution in [0.4, 0.5) is 11.9 Å². The fourth-order valence-electron chi connectivity index (χ4n) is 15.7. The van der Waals surface area contributed by atoms with Gasteiger partial charge in [-0.15, -0.1) is 0 Å². The molecule has 10 heterocycles. The minimum absolute atomic E-state index is 0.798. The number of hydrogen-bond acceptors (Lipinski definition) is 12. The van der Waals surface area contributed by atoms with E-state index in [0.717, 1.165) is 154 Å². The van der Waals surface area contributed by atoms with Crippen LogP contribution < -0.4 is 10.6 Å². The van der Waals surface area contributed by atoms with E-state index in [9.17, 15) is 0 Å². The van der Waals surface area contributed by atoms with E-state index in [1.807, 2.05) is 72.7 Å². The Morgan fingerprint density at radius 3 is 0.796 bits per heavy atom. The van der Waals surface area contributed by atoms with Crippen LogP contribution >= 0.6 is 0 Å². The van der Waals surface area contributed by atoms with Gasteiger partial charge in [0.05, 0.1) is 58.6 Å². The minimum atomic E-state index is 0.798. The van der Waals surface area contributed by atoms with Crippen LogP contribution in [0.15, 0.2) is 61.3 Å². The number of aromatic nitrogens is 15. The van der Waals surface area contributed by atoms with Crippen LogP contribution in [0.3, 0.4) is 0 Å². The van der Waals surface area contributed by atoms with Crippen molar-refractivity contribution in [2.24, 2.45) is 29.6 Å². The molecule has 5 aliphatic rings. The second-order valence-electron chi connectivity index (χ2n) is 28.3. The Morgan fingerprint density at radius 2 is 0.538 bits per heavy atom. The number of anilines is 2. The van der Waals surface area contributed by atoms with Crippen LogP contribution in [0.2, 0.25) is 0 Å². The maximum atomic E-state index is 4.70. The zero-order chi connectivity index (χ0) is 64.8. The van der Waals surface area contributed by atoms with E-state index in [1.54, 1.807) is 0 Å². The molecule has 0 spiro atoms. The average molecular weight is 1260 g/mol. The Hall–Kier alpha value is -7.30. The fourth-order valence-corrected chi connectivity index (χ4v) is 15.7. The van der Waals surface area contributed by atoms with Crippen molar-refractivity contribution < 1.29 is 0 Å². The standard InChI is InChI=1S/C16H24N4.C15H22N4.3C15H21N3/c1-3-17-16-19-14-10-18-12(2)9-15(14)20(16)11-13-7-5-4-6-8-13;1-11-8-14-13(9-17-11)18-15(16-2)19(14)10-12-6-4-3-5-7-12;3*1-11-8-15-14(9-16-11)17-12(2)18(15)10-13-6-4-3-5-7-13/h9-10,13H,3-8,11H2,1-2H3,(H,17,19);8-9,12H,3-7,10H2,1-2H3,(H,16,18);3*8-9,13H,3-7,10H2,1-2H3. The Balaban J connectivity index is 0.000000119. The van der Waals surface area contributed by atoms with E-state index in [2.05, 4.69) is 136 Å². The number of aryl methyl sites for hydroxylation is 8. The first-order valence-corrected chi connectivity index (χ1v) is 36.2. The Bertz CT molecular complexity index is 3750. The molecule has 17 nitrogen and oxygen atoms in total. The molecule has 0 bridgehead atoms. The highest BCUT2D eigenvalue weighted by Crippen LogP contribution is 2.34. The van der Waals surface area contributed by atoms with Gasteiger partial charge in [-0.2, -0.15) is 0 Å². The Morgan fingerprint density at radius 1 is 0.312 bits per heavy atom. The maximum absolute atomic E-state index is 4.70. The molecule has 93 heavy (non-hydrogen) atoms. The van der Waals surface area contributed by atoms with Gasteiger partial charge in [0, 0.05) is 74.8 Å². The minimum Gasteiger partial charge on any atom is -0.359 e. The van der Waals surface area contributed by atoms with E-state index in [4.69, 9.17) is 4.98 Å². The van der Waals surface area contributed by atoms with Crippen molar-refractivity contribution in [1.82, 2.24) is 72.7 Å². The molecule has 0 saturated heterocycles. The van der Waals surface area contributed by atoms with Crippen LogP contribution in [-0.4, -0.2) is 86.3 Å². The summed E-state index contributed by atoms with van der Waals surface area (Å²) in [5.74, 6) is 9.45. The van der Waals surface area contributed by atoms with E-state index in [1.165, 1.54) is 188 Å². The lowest BCUT2D eigenvalue weighted by atomic mass is 9.89. The number of fused-ring (bicyclic) bond motifs is 5. The second kappa shape index (κ2) is 32.2. The van der Waals surface area contributed by atoms with Crippen LogP contribution in [-0.2, 0) is 32.7 Å². The summed E-state index contributed by atoms with van der Waals surface area (Å²) in [7, 11) is 1.94. The second-order valence-corrected chi connectivity index (χ2v) is 28.3. The summed E-state index contributed by atoms with van der Waals surface area (Å²) >= 11 is 0. The summed E-state index contributed by atoms with van der Waals surface area (Å²) in [6.45, 7) is 25.1. The van der Waals surface area contributed by atoms with Gasteiger partial charge in [0.15, 0.2) is 0 Å². The summed E-state index contributed by atoms with van der Waals surface area (Å²) in [5, 5.41) is 6.62. The summed E-state index contributed by atoms with van der Waals surface area (Å²) in [5.41, 5.74) is 16.6. The molecule has 5 fully saturated rings. The van der Waals surface area contributed by atoms with Gasteiger partial charge in [0.2, 0.25) is 11.9 Å². The lowest BCUT2D eigenvalue weighted by molar-refractivity contribution is 0.320. The monoisotopic (exact) mass is 1260 g/mol. The molecular weight excluding hydrogens is 1150 g/mol. The summed E-state index contributed by atoms with van der Waals surface area (Å²) in [4.78, 5) is 44.9. The van der Waals surface area contributed by atoms with Crippen molar-refractivity contribution in [2.75, 3.05) is 24.2 Å². The van der Waals surface area contributed by atoms with Gasteiger partial charge >= 0.3 is 0 Å². The molecule has 5 saturated carbocycles. The SMILES string of the molecule is CCNc1nc2cnc(C)cc2n1CC1CCCCC1.CNc1nc2cnc(C)cc2n1CC1CCCCC1.Cc1cc2c(cn1)nc(C)n2CC1CCCCC1.Cc1cc2c(cn1)nc(C)n2CC1CCCCC1.Cc1cc2c(cn1)nc(C)n2CC1CCCCC1. The predicted molar refractivity (Wildman–Crippen MR) is 382 cm³/mol. The van der Waals surface area contributed by atoms with Crippen molar-refractivity contribution >= 4 is 67.1 Å². The molecule has 10 aromatic rings. The first-order valence-electron chi connectivity index (χ1n) is 36.2. The van der Waals surface area contributed by atoms with Gasteiger partial charge in [-0.1, -0.05) is 96.3 Å². The molecule has 0 amide bonds. The molecule has 0 radical (unpaired) electrons. The fraction of sp³-hybridized carbons (Fsp3) is 0.605. The van der Waals surface area contributed by atoms with E-state index < -0.39 is 0 Å². The van der Waals surface area contributed by atoms with Crippen molar-refractivity contribution in [3.8, 4) is 0 Å². The molecular formula is C76H109N17. The highest BCUT2D eigenvalue weighted by atomic mass is 15.2. The highest BCUT2D eigenvalue weighted by molar-refractivity contribution is 5.80. The van der Waals surface area contributed by atoms with Crippen molar-refractivity contribution in [3.05, 3.63) is 107 Å². The van der Waals surface area contributed by atoms with Gasteiger partial charge in [-0.25, -0.2) is 24.9 Å². The van der Waals surface area contributed by atoms with E-state index in [0.29, 0.717) is 0 Å². The zero-order valence-electron chi connectivity index (χ0n) is 58.3. The third kappa shape index (κ3) is 17.4. The van der Waals surface area contributed by atoms with Crippen molar-refractivity contribution in [2.45, 2.75) is 256 Å². The first-order chi connectivity index (χ1) is 45.3. The average Bonchev–Trinajstić information content (AvgIpc) is 1.78. The van der Waals surface area contributed by atoms with Gasteiger partial charge < -0.3 is 33.5 Å². The third-order valence-electron chi connectivity index (χ3n) is 20.8. The topological polar surface area (TPSA) is 178 Å². The van der Waals surface area contributed by atoms with Gasteiger partial charge in [-0.05, 0) is 186 Å². The number of rotatable bonds is 13. The van der Waals surface area contributed by atoms with E-state index in [-0.39, 0.29) is 0 Å². The number of nitrogens with zero attached hydrogens (tertiary/aromatic N) is 15. The zero-order valence-corrected chi connectivity index (χ0v) is 58.3. The van der Waals surface area contributed by atoms with Crippen LogP contribution in [0.25, 0.3) is 55.2 Å². The van der Waals surface area contributed by atoms with E-state index >= 15 is 0 Å². The summed E-state index contributed by atoms with van der Waals surface area (Å²) in [6.07, 6.45) is 44.2. The summed E-state index contributed by atoms with van der Waals surface area (Å²) < 4.78 is 11.9. The van der Waals surface area contributed by atoms with Crippen LogP contribution in [0.1, 0.15) is 213 Å². The smallest absolute Gasteiger partial charge is 0.203 e. The molecule has 0 aliphatic heterocycles. The number of hydrogen-bond donors (Lipinski definition) is 2. The molecule has 498 valence electrons. The highest BCUT2D eigenvalue weighted by Gasteiger charge is 2.23. The molecule has 5 aliphatic carbocycles. The lowest BCUT2D eigenvalue weighted by Crippen LogP contribution is -2.16. The molecule has 15 rings (SSSR count). The number of pyridine rings is 5. The van der Waals surface area contributed by atoms with Crippen molar-refractivity contribution in [3.63, 3.8) is 0 Å². The molecule has 17 heteroatoms. The number of imidazole rings is 5. The van der Waals surface area contributed by atoms with Gasteiger partial charge in [0.1, 0.15) is 45.1 Å². The molecule has 10 aromatic heterocycles. The largest absolute Gasteiger partial charge is 0.359 e. The Labute approximate surface area is 553 Å². The van der Waals surface area contributed by atoms with Gasteiger partial charge in [-0.3, -0.25) is 24.9 Å². The van der Waals surface area contributed by atoms with Crippen molar-refractivity contribution in [1.29, 1.82) is 0 Å². The molecule has 0 aromatic carbocycles. The molecule has 0 unspecified atom stereocenters. The lowest BCUT2D eigenvalue weighted by Gasteiger charge is -2.23. The van der Waals surface area contributed by atoms with Crippen LogP contribution in [0, 0.1) is 85.0 Å². The normalized spacial score (nSPS) is 17.2. The third-order valence-corrected chi connectivity index (χ3v) is 20.8. The van der Waals surface area contributed by atoms with Crippen LogP contribution in [0.5, 0.6) is 0 Å². The molecule has 0 atom stereocenters.